The lowest BCUT2D eigenvalue weighted by atomic mass is 9.95. The number of amides is 7. The highest BCUT2D eigenvalue weighted by Crippen LogP contribution is 2.32. The number of unbranched alkanes of at least 4 members (excludes halogenated alkanes) is 2. The van der Waals surface area contributed by atoms with Gasteiger partial charge in [0.05, 0.1) is 13.2 Å². The van der Waals surface area contributed by atoms with Gasteiger partial charge in [-0.2, -0.15) is 0 Å². The number of hydrogen-bond donors (Lipinski definition) is 10. The van der Waals surface area contributed by atoms with Crippen LogP contribution in [0.15, 0.2) is 42.5 Å². The van der Waals surface area contributed by atoms with Gasteiger partial charge in [0.2, 0.25) is 41.4 Å². The minimum atomic E-state index is -1.27. The van der Waals surface area contributed by atoms with Gasteiger partial charge < -0.3 is 59.6 Å². The third-order valence-corrected chi connectivity index (χ3v) is 11.6. The van der Waals surface area contributed by atoms with Crippen molar-refractivity contribution >= 4 is 41.4 Å². The van der Waals surface area contributed by atoms with E-state index in [0.29, 0.717) is 62.1 Å². The van der Waals surface area contributed by atoms with Crippen molar-refractivity contribution < 1.29 is 38.3 Å². The number of hydrogen-bond acceptors (Lipinski definition) is 11. The summed E-state index contributed by atoms with van der Waals surface area (Å²) in [6.07, 6.45) is 3.34. The molecule has 4 bridgehead atoms. The van der Waals surface area contributed by atoms with Gasteiger partial charge in [-0.1, -0.05) is 71.9 Å². The zero-order valence-electron chi connectivity index (χ0n) is 40.6. The maximum absolute atomic E-state index is 14.6. The lowest BCUT2D eigenvalue weighted by Crippen LogP contribution is -2.60. The summed E-state index contributed by atoms with van der Waals surface area (Å²) in [5.41, 5.74) is 26.5. The molecule has 372 valence electrons. The van der Waals surface area contributed by atoms with Gasteiger partial charge in [0.15, 0.2) is 0 Å². The van der Waals surface area contributed by atoms with E-state index in [1.807, 2.05) is 71.9 Å². The molecule has 0 unspecified atom stereocenters. The molecule has 14 N–H and O–H groups in total. The smallest absolute Gasteiger partial charge is 0.243 e. The van der Waals surface area contributed by atoms with Gasteiger partial charge in [0.25, 0.3) is 0 Å². The van der Waals surface area contributed by atoms with Crippen molar-refractivity contribution in [3.8, 4) is 16.9 Å². The van der Waals surface area contributed by atoms with Gasteiger partial charge in [0, 0.05) is 12.0 Å². The van der Waals surface area contributed by atoms with Crippen molar-refractivity contribution in [2.45, 2.75) is 154 Å². The molecule has 2 aromatic rings. The number of primary amides is 1. The zero-order valence-corrected chi connectivity index (χ0v) is 40.6. The molecule has 2 aliphatic heterocycles. The Kier molecular flexibility index (Phi) is 23.2. The number of ether oxygens (including phenoxy) is 1. The van der Waals surface area contributed by atoms with E-state index in [4.69, 9.17) is 27.7 Å². The van der Waals surface area contributed by atoms with Crippen LogP contribution >= 0.6 is 0 Å². The predicted molar refractivity (Wildman–Crippen MR) is 259 cm³/mol. The van der Waals surface area contributed by atoms with Crippen molar-refractivity contribution in [2.75, 3.05) is 20.2 Å². The topological polar surface area (TPSA) is 305 Å². The van der Waals surface area contributed by atoms with E-state index in [9.17, 15) is 33.6 Å². The predicted octanol–water partition coefficient (Wildman–Crippen LogP) is 1.58. The molecular weight excluding hydrogens is 857 g/mol. The lowest BCUT2D eigenvalue weighted by molar-refractivity contribution is -0.136. The number of fused-ring (bicyclic) bond motifs is 16. The summed E-state index contributed by atoms with van der Waals surface area (Å²) in [4.78, 5) is 97.2. The number of nitrogens with two attached hydrogens (primary N) is 4. The summed E-state index contributed by atoms with van der Waals surface area (Å²) in [5.74, 6) is -4.03. The van der Waals surface area contributed by atoms with Crippen molar-refractivity contribution in [1.29, 1.82) is 0 Å². The van der Waals surface area contributed by atoms with E-state index in [-0.39, 0.29) is 56.3 Å². The Labute approximate surface area is 396 Å². The van der Waals surface area contributed by atoms with Crippen molar-refractivity contribution in [3.05, 3.63) is 53.6 Å². The first kappa shape index (κ1) is 55.7. The van der Waals surface area contributed by atoms with E-state index in [1.165, 1.54) is 7.11 Å². The molecule has 0 fully saturated rings. The Bertz CT molecular complexity index is 1960. The van der Waals surface area contributed by atoms with Crippen LogP contribution in [0.3, 0.4) is 0 Å². The second-order valence-electron chi connectivity index (χ2n) is 19.0. The third kappa shape index (κ3) is 18.5. The zero-order chi connectivity index (χ0) is 49.8. The van der Waals surface area contributed by atoms with E-state index < -0.39 is 83.6 Å². The third-order valence-electron chi connectivity index (χ3n) is 11.6. The highest BCUT2D eigenvalue weighted by molar-refractivity contribution is 5.97. The Morgan fingerprint density at radius 3 is 1.70 bits per heavy atom. The number of carbonyl (C=O) groups excluding carboxylic acids is 7. The molecule has 7 amide bonds. The summed E-state index contributed by atoms with van der Waals surface area (Å²) in [7, 11) is 1.54. The Hall–Kier alpha value is -5.59. The summed E-state index contributed by atoms with van der Waals surface area (Å²) < 4.78 is 5.74. The van der Waals surface area contributed by atoms with Gasteiger partial charge in [-0.25, -0.2) is 0 Å². The Balaban J connectivity index is 2.19. The fourth-order valence-corrected chi connectivity index (χ4v) is 8.01. The molecule has 2 heterocycles. The van der Waals surface area contributed by atoms with Gasteiger partial charge in [-0.3, -0.25) is 33.6 Å². The minimum absolute atomic E-state index is 0.0369. The highest BCUT2D eigenvalue weighted by atomic mass is 16.5. The molecule has 0 aliphatic carbocycles. The standard InChI is InChI=1S/C49H78N10O8/c1-28(2)22-38(43(53)60)56-47(64)39(23-29(3)4)58-49(66)41-27-32-16-19-42(67-7)34(25-32)33-17-14-31(15-18-33)26-35(52)44(61)54-36(12-8-10-20-50)45(62)55-37(13-9-11-21-51)46(63)57-40(24-30(5)6)48(65)59-41/h14-19,25,28-30,35-41H,8-13,20-24,26-27,50-52H2,1-7H3,(H2,53,60)(H,54,61)(H,55,62)(H,56,64)(H,57,63)(H,58,66)(H,59,65)/t35-,36-,37-,38-,39-,40-,41-/m0/s1. The van der Waals surface area contributed by atoms with Gasteiger partial charge in [0.1, 0.15) is 42.0 Å². The first-order chi connectivity index (χ1) is 31.8. The molecule has 67 heavy (non-hydrogen) atoms. The minimum Gasteiger partial charge on any atom is -0.496 e. The first-order valence-electron chi connectivity index (χ1n) is 23.8. The molecule has 2 aliphatic rings. The van der Waals surface area contributed by atoms with E-state index >= 15 is 0 Å². The molecule has 0 saturated heterocycles. The average Bonchev–Trinajstić information content (AvgIpc) is 3.26. The molecule has 0 saturated carbocycles. The number of nitrogens with one attached hydrogen (secondary N) is 6. The first-order valence-corrected chi connectivity index (χ1v) is 23.8. The number of benzene rings is 2. The number of rotatable bonds is 20. The summed E-state index contributed by atoms with van der Waals surface area (Å²) in [5, 5.41) is 16.9. The van der Waals surface area contributed by atoms with Crippen LogP contribution in [0, 0.1) is 17.8 Å². The second-order valence-corrected chi connectivity index (χ2v) is 19.0. The Morgan fingerprint density at radius 2 is 1.18 bits per heavy atom. The van der Waals surface area contributed by atoms with Crippen molar-refractivity contribution in [1.82, 2.24) is 31.9 Å². The van der Waals surface area contributed by atoms with Crippen LogP contribution in [-0.4, -0.2) is 104 Å². The maximum atomic E-state index is 14.6. The maximum Gasteiger partial charge on any atom is 0.243 e. The van der Waals surface area contributed by atoms with Crippen molar-refractivity contribution in [2.24, 2.45) is 40.7 Å². The molecule has 0 aromatic heterocycles. The fraction of sp³-hybridized carbons (Fsp3) is 0.612. The number of methoxy groups -OCH3 is 1. The van der Waals surface area contributed by atoms with Crippen LogP contribution < -0.4 is 59.6 Å². The summed E-state index contributed by atoms with van der Waals surface area (Å²) in [6.45, 7) is 12.1. The second kappa shape index (κ2) is 27.9. The van der Waals surface area contributed by atoms with E-state index in [2.05, 4.69) is 31.9 Å². The molecule has 7 atom stereocenters. The van der Waals surface area contributed by atoms with Crippen LogP contribution in [0.2, 0.25) is 0 Å². The van der Waals surface area contributed by atoms with Crippen LogP contribution in [0.4, 0.5) is 0 Å². The monoisotopic (exact) mass is 935 g/mol. The molecule has 2 aromatic carbocycles. The SMILES string of the molecule is COc1ccc2cc1-c1ccc(cc1)C[C@H](N)C(=O)N[C@@H](CCCCN)C(=O)N[C@@H](CCCCN)C(=O)N[C@@H](CC(C)C)C(=O)N[C@H](C(=O)N[C@@H](CC(C)C)C(=O)N[C@@H](CC(C)C)C(N)=O)C2. The molecule has 0 spiro atoms. The normalized spacial score (nSPS) is 20.7. The Morgan fingerprint density at radius 1 is 0.657 bits per heavy atom. The molecule has 18 nitrogen and oxygen atoms in total. The summed E-state index contributed by atoms with van der Waals surface area (Å²) >= 11 is 0. The molecule has 18 heteroatoms. The van der Waals surface area contributed by atoms with Crippen LogP contribution in [-0.2, 0) is 46.4 Å². The molecule has 4 rings (SSSR count). The quantitative estimate of drug-likeness (QED) is 0.0672. The van der Waals surface area contributed by atoms with E-state index in [1.54, 1.807) is 12.1 Å². The van der Waals surface area contributed by atoms with Crippen LogP contribution in [0.25, 0.3) is 11.1 Å². The number of carbonyl (C=O) groups is 7. The largest absolute Gasteiger partial charge is 0.496 e. The van der Waals surface area contributed by atoms with Crippen molar-refractivity contribution in [3.63, 3.8) is 0 Å². The molecule has 0 radical (unpaired) electrons. The van der Waals surface area contributed by atoms with Gasteiger partial charge >= 0.3 is 0 Å². The lowest BCUT2D eigenvalue weighted by Gasteiger charge is -2.29. The van der Waals surface area contributed by atoms with Crippen LogP contribution in [0.1, 0.15) is 110 Å². The van der Waals surface area contributed by atoms with Crippen LogP contribution in [0.5, 0.6) is 5.75 Å². The highest BCUT2D eigenvalue weighted by Gasteiger charge is 2.34. The van der Waals surface area contributed by atoms with Gasteiger partial charge in [-0.05, 0) is 124 Å². The fourth-order valence-electron chi connectivity index (χ4n) is 8.01. The van der Waals surface area contributed by atoms with E-state index in [0.717, 1.165) is 11.1 Å². The van der Waals surface area contributed by atoms with Gasteiger partial charge in [-0.15, -0.1) is 0 Å². The average molecular weight is 935 g/mol. The summed E-state index contributed by atoms with van der Waals surface area (Å²) in [6, 6.07) is 5.10. The molecular formula is C49H78N10O8.